The van der Waals surface area contributed by atoms with Crippen LogP contribution in [0.5, 0.6) is 0 Å². The fourth-order valence-corrected chi connectivity index (χ4v) is 2.65. The van der Waals surface area contributed by atoms with Crippen LogP contribution in [0.3, 0.4) is 0 Å². The molecule has 0 fully saturated rings. The Balaban J connectivity index is 2.26. The lowest BCUT2D eigenvalue weighted by molar-refractivity contribution is 0.598. The number of imidazole rings is 1. The van der Waals surface area contributed by atoms with Crippen molar-refractivity contribution in [3.8, 4) is 0 Å². The first-order valence-electron chi connectivity index (χ1n) is 4.74. The minimum absolute atomic E-state index is 0.0125. The van der Waals surface area contributed by atoms with Crippen molar-refractivity contribution in [1.82, 2.24) is 9.55 Å². The largest absolute Gasteiger partial charge is 0.339 e. The summed E-state index contributed by atoms with van der Waals surface area (Å²) >= 11 is 2.16. The Morgan fingerprint density at radius 3 is 2.47 bits per heavy atom. The molecular weight excluding hydrogens is 353 g/mol. The van der Waals surface area contributed by atoms with Gasteiger partial charge in [-0.3, -0.25) is 4.72 Å². The first kappa shape index (κ1) is 12.4. The zero-order valence-electron chi connectivity index (χ0n) is 8.96. The third-order valence-electron chi connectivity index (χ3n) is 2.05. The van der Waals surface area contributed by atoms with Gasteiger partial charge in [0.1, 0.15) is 0 Å². The smallest absolute Gasteiger partial charge is 0.280 e. The van der Waals surface area contributed by atoms with Crippen LogP contribution >= 0.6 is 22.6 Å². The molecule has 2 rings (SSSR count). The Kier molecular flexibility index (Phi) is 3.38. The zero-order chi connectivity index (χ0) is 12.5. The van der Waals surface area contributed by atoms with Crippen LogP contribution in [0.1, 0.15) is 0 Å². The van der Waals surface area contributed by atoms with Crippen molar-refractivity contribution in [3.63, 3.8) is 0 Å². The van der Waals surface area contributed by atoms with Crippen LogP contribution < -0.4 is 4.72 Å². The lowest BCUT2D eigenvalue weighted by atomic mass is 10.3. The van der Waals surface area contributed by atoms with Crippen molar-refractivity contribution >= 4 is 38.3 Å². The third kappa shape index (κ3) is 2.97. The van der Waals surface area contributed by atoms with Crippen molar-refractivity contribution in [2.75, 3.05) is 4.72 Å². The van der Waals surface area contributed by atoms with Crippen LogP contribution in [0.4, 0.5) is 5.69 Å². The number of rotatable bonds is 3. The lowest BCUT2D eigenvalue weighted by Crippen LogP contribution is -2.13. The van der Waals surface area contributed by atoms with Gasteiger partial charge in [0.25, 0.3) is 10.0 Å². The molecule has 0 radical (unpaired) electrons. The predicted molar refractivity (Wildman–Crippen MR) is 73.2 cm³/mol. The molecule has 0 bridgehead atoms. The summed E-state index contributed by atoms with van der Waals surface area (Å²) in [5, 5.41) is 0.0125. The van der Waals surface area contributed by atoms with Crippen LogP contribution in [0, 0.1) is 3.57 Å². The molecule has 0 amide bonds. The van der Waals surface area contributed by atoms with Gasteiger partial charge in [-0.15, -0.1) is 0 Å². The fraction of sp³-hybridized carbons (Fsp3) is 0.100. The summed E-state index contributed by atoms with van der Waals surface area (Å²) in [6, 6.07) is 7.08. The molecule has 90 valence electrons. The monoisotopic (exact) mass is 363 g/mol. The normalized spacial score (nSPS) is 11.4. The van der Waals surface area contributed by atoms with Crippen molar-refractivity contribution in [2.24, 2.45) is 7.05 Å². The van der Waals surface area contributed by atoms with E-state index in [1.165, 1.54) is 12.5 Å². The fourth-order valence-electron chi connectivity index (χ4n) is 1.25. The van der Waals surface area contributed by atoms with E-state index in [1.807, 2.05) is 12.1 Å². The van der Waals surface area contributed by atoms with E-state index < -0.39 is 10.0 Å². The molecule has 17 heavy (non-hydrogen) atoms. The number of aromatic nitrogens is 2. The number of sulfonamides is 1. The number of anilines is 1. The standard InChI is InChI=1S/C10H10IN3O2S/c1-14-6-10(12-7-14)17(15,16)13-9-4-2-8(11)3-5-9/h2-7,13H,1H3. The van der Waals surface area contributed by atoms with Gasteiger partial charge < -0.3 is 4.57 Å². The van der Waals surface area contributed by atoms with E-state index in [9.17, 15) is 8.42 Å². The highest BCUT2D eigenvalue weighted by atomic mass is 127. The van der Waals surface area contributed by atoms with Crippen LogP contribution in [-0.4, -0.2) is 18.0 Å². The van der Waals surface area contributed by atoms with Crippen LogP contribution in [-0.2, 0) is 17.1 Å². The van der Waals surface area contributed by atoms with E-state index in [0.717, 1.165) is 3.57 Å². The summed E-state index contributed by atoms with van der Waals surface area (Å²) < 4.78 is 28.9. The second kappa shape index (κ2) is 4.65. The van der Waals surface area contributed by atoms with Gasteiger partial charge in [0.2, 0.25) is 0 Å². The Morgan fingerprint density at radius 2 is 1.94 bits per heavy atom. The molecule has 0 spiro atoms. The predicted octanol–water partition coefficient (Wildman–Crippen LogP) is 1.83. The summed E-state index contributed by atoms with van der Waals surface area (Å²) in [5.41, 5.74) is 0.524. The molecule has 0 saturated carbocycles. The van der Waals surface area contributed by atoms with E-state index in [4.69, 9.17) is 0 Å². The number of benzene rings is 1. The van der Waals surface area contributed by atoms with Crippen molar-refractivity contribution < 1.29 is 8.42 Å². The lowest BCUT2D eigenvalue weighted by Gasteiger charge is -2.05. The molecule has 0 aliphatic carbocycles. The van der Waals surface area contributed by atoms with E-state index in [1.54, 1.807) is 23.7 Å². The molecule has 1 aromatic carbocycles. The summed E-state index contributed by atoms with van der Waals surface area (Å²) in [4.78, 5) is 3.81. The number of nitrogens with zero attached hydrogens (tertiary/aromatic N) is 2. The Morgan fingerprint density at radius 1 is 1.29 bits per heavy atom. The molecule has 1 heterocycles. The number of nitrogens with one attached hydrogen (secondary N) is 1. The van der Waals surface area contributed by atoms with Gasteiger partial charge in [-0.25, -0.2) is 4.98 Å². The third-order valence-corrected chi connectivity index (χ3v) is 4.04. The van der Waals surface area contributed by atoms with Gasteiger partial charge in [0.05, 0.1) is 6.33 Å². The van der Waals surface area contributed by atoms with E-state index in [0.29, 0.717) is 5.69 Å². The van der Waals surface area contributed by atoms with E-state index >= 15 is 0 Å². The quantitative estimate of drug-likeness (QED) is 0.847. The number of halogens is 1. The molecule has 2 aromatic rings. The first-order chi connectivity index (χ1) is 7.97. The summed E-state index contributed by atoms with van der Waals surface area (Å²) in [6.07, 6.45) is 2.90. The highest BCUT2D eigenvalue weighted by Gasteiger charge is 2.16. The summed E-state index contributed by atoms with van der Waals surface area (Å²) in [7, 11) is -1.87. The SMILES string of the molecule is Cn1cnc(S(=O)(=O)Nc2ccc(I)cc2)c1. The van der Waals surface area contributed by atoms with Gasteiger partial charge in [0, 0.05) is 22.5 Å². The van der Waals surface area contributed by atoms with Gasteiger partial charge in [-0.05, 0) is 46.9 Å². The summed E-state index contributed by atoms with van der Waals surface area (Å²) in [5.74, 6) is 0. The van der Waals surface area contributed by atoms with Crippen LogP contribution in [0.2, 0.25) is 0 Å². The highest BCUT2D eigenvalue weighted by Crippen LogP contribution is 2.15. The topological polar surface area (TPSA) is 64.0 Å². The zero-order valence-corrected chi connectivity index (χ0v) is 11.9. The average molecular weight is 363 g/mol. The number of hydrogen-bond donors (Lipinski definition) is 1. The van der Waals surface area contributed by atoms with Gasteiger partial charge >= 0.3 is 0 Å². The van der Waals surface area contributed by atoms with E-state index in [-0.39, 0.29) is 5.03 Å². The molecule has 0 atom stereocenters. The molecule has 0 aliphatic rings. The molecule has 0 unspecified atom stereocenters. The Hall–Kier alpha value is -1.09. The first-order valence-corrected chi connectivity index (χ1v) is 7.30. The maximum atomic E-state index is 11.9. The molecule has 5 nitrogen and oxygen atoms in total. The molecule has 0 saturated heterocycles. The summed E-state index contributed by atoms with van der Waals surface area (Å²) in [6.45, 7) is 0. The molecule has 1 N–H and O–H groups in total. The Bertz CT molecular complexity index is 619. The second-order valence-electron chi connectivity index (χ2n) is 3.49. The second-order valence-corrected chi connectivity index (χ2v) is 6.36. The van der Waals surface area contributed by atoms with Crippen molar-refractivity contribution in [2.45, 2.75) is 5.03 Å². The average Bonchev–Trinajstić information content (AvgIpc) is 2.69. The van der Waals surface area contributed by atoms with Gasteiger partial charge in [-0.2, -0.15) is 8.42 Å². The maximum Gasteiger partial charge on any atom is 0.280 e. The van der Waals surface area contributed by atoms with Crippen LogP contribution in [0.25, 0.3) is 0 Å². The molecule has 0 aliphatic heterocycles. The molecule has 1 aromatic heterocycles. The maximum absolute atomic E-state index is 11.9. The minimum Gasteiger partial charge on any atom is -0.339 e. The highest BCUT2D eigenvalue weighted by molar-refractivity contribution is 14.1. The van der Waals surface area contributed by atoms with Crippen molar-refractivity contribution in [3.05, 3.63) is 40.4 Å². The van der Waals surface area contributed by atoms with Crippen LogP contribution in [0.15, 0.2) is 41.8 Å². The molecule has 7 heteroatoms. The van der Waals surface area contributed by atoms with E-state index in [2.05, 4.69) is 32.3 Å². The number of aryl methyl sites for hydroxylation is 1. The molecular formula is C10H10IN3O2S. The Labute approximate surface area is 113 Å². The minimum atomic E-state index is -3.59. The van der Waals surface area contributed by atoms with Crippen molar-refractivity contribution in [1.29, 1.82) is 0 Å². The van der Waals surface area contributed by atoms with Gasteiger partial charge in [-0.1, -0.05) is 0 Å². The number of hydrogen-bond acceptors (Lipinski definition) is 3. The van der Waals surface area contributed by atoms with Gasteiger partial charge in [0.15, 0.2) is 5.03 Å².